The lowest BCUT2D eigenvalue weighted by Gasteiger charge is -2.22. The number of halogens is 2. The maximum Gasteiger partial charge on any atom is 0.193 e. The minimum Gasteiger partial charge on any atom is -0.492 e. The number of rotatable bonds is 8. The van der Waals surface area contributed by atoms with Gasteiger partial charge in [0.25, 0.3) is 0 Å². The van der Waals surface area contributed by atoms with Gasteiger partial charge in [-0.05, 0) is 24.3 Å². The van der Waals surface area contributed by atoms with E-state index in [4.69, 9.17) is 4.74 Å². The summed E-state index contributed by atoms with van der Waals surface area (Å²) >= 11 is 0. The highest BCUT2D eigenvalue weighted by Gasteiger charge is 2.07. The van der Waals surface area contributed by atoms with E-state index in [2.05, 4.69) is 27.4 Å². The standard InChI is InChI=1S/C17H25FN6O.HI/c1-4-16-22-21-13-24(16)10-9-20-17(19-2)23(3)11-12-25-15-7-5-14(18)6-8-15;/h5-8,13H,4,9-12H2,1-3H3,(H,19,20);1H. The molecule has 26 heavy (non-hydrogen) atoms. The molecule has 0 fully saturated rings. The Morgan fingerprint density at radius 1 is 1.35 bits per heavy atom. The zero-order valence-corrected chi connectivity index (χ0v) is 17.7. The van der Waals surface area contributed by atoms with Crippen molar-refractivity contribution < 1.29 is 9.13 Å². The highest BCUT2D eigenvalue weighted by atomic mass is 127. The Morgan fingerprint density at radius 3 is 2.73 bits per heavy atom. The molecule has 1 heterocycles. The fourth-order valence-corrected chi connectivity index (χ4v) is 2.35. The fraction of sp³-hybridized carbons (Fsp3) is 0.471. The second-order valence-electron chi connectivity index (χ2n) is 5.49. The number of hydrogen-bond acceptors (Lipinski definition) is 4. The van der Waals surface area contributed by atoms with E-state index in [0.29, 0.717) is 18.9 Å². The average molecular weight is 476 g/mol. The van der Waals surface area contributed by atoms with Crippen molar-refractivity contribution >= 4 is 29.9 Å². The van der Waals surface area contributed by atoms with E-state index in [9.17, 15) is 4.39 Å². The number of aliphatic imine (C=N–C) groups is 1. The van der Waals surface area contributed by atoms with Gasteiger partial charge in [-0.3, -0.25) is 4.99 Å². The molecule has 2 aromatic rings. The number of nitrogens with zero attached hydrogens (tertiary/aromatic N) is 5. The lowest BCUT2D eigenvalue weighted by Crippen LogP contribution is -2.42. The molecule has 0 saturated heterocycles. The Balaban J connectivity index is 0.00000338. The maximum atomic E-state index is 12.9. The van der Waals surface area contributed by atoms with Crippen LogP contribution in [0, 0.1) is 5.82 Å². The number of aryl methyl sites for hydroxylation is 1. The maximum absolute atomic E-state index is 12.9. The number of hydrogen-bond donors (Lipinski definition) is 1. The van der Waals surface area contributed by atoms with Crippen LogP contribution < -0.4 is 10.1 Å². The first-order valence-corrected chi connectivity index (χ1v) is 8.31. The normalized spacial score (nSPS) is 11.0. The summed E-state index contributed by atoms with van der Waals surface area (Å²) in [7, 11) is 3.69. The molecule has 1 aromatic carbocycles. The van der Waals surface area contributed by atoms with Crippen molar-refractivity contribution in [2.75, 3.05) is 33.8 Å². The van der Waals surface area contributed by atoms with Crippen LogP contribution in [0.3, 0.4) is 0 Å². The second kappa shape index (κ2) is 11.7. The molecule has 7 nitrogen and oxygen atoms in total. The third-order valence-electron chi connectivity index (χ3n) is 3.73. The number of likely N-dealkylation sites (N-methyl/N-ethyl adjacent to an activating group) is 1. The Labute approximate surface area is 170 Å². The number of benzene rings is 1. The zero-order valence-electron chi connectivity index (χ0n) is 15.4. The first-order chi connectivity index (χ1) is 12.1. The van der Waals surface area contributed by atoms with Gasteiger partial charge < -0.3 is 19.5 Å². The number of nitrogens with one attached hydrogen (secondary N) is 1. The van der Waals surface area contributed by atoms with Crippen LogP contribution in [0.2, 0.25) is 0 Å². The highest BCUT2D eigenvalue weighted by molar-refractivity contribution is 14.0. The van der Waals surface area contributed by atoms with Crippen molar-refractivity contribution in [1.29, 1.82) is 0 Å². The van der Waals surface area contributed by atoms with Gasteiger partial charge in [0.1, 0.15) is 30.3 Å². The Kier molecular flexibility index (Phi) is 9.92. The van der Waals surface area contributed by atoms with E-state index < -0.39 is 0 Å². The summed E-state index contributed by atoms with van der Waals surface area (Å²) < 4.78 is 20.5. The van der Waals surface area contributed by atoms with Crippen LogP contribution in [0.15, 0.2) is 35.6 Å². The van der Waals surface area contributed by atoms with Crippen molar-refractivity contribution in [2.45, 2.75) is 19.9 Å². The molecule has 144 valence electrons. The molecule has 1 aromatic heterocycles. The molecule has 0 amide bonds. The van der Waals surface area contributed by atoms with E-state index in [1.807, 2.05) is 16.5 Å². The summed E-state index contributed by atoms with van der Waals surface area (Å²) in [4.78, 5) is 6.26. The first kappa shape index (κ1) is 22.1. The van der Waals surface area contributed by atoms with Gasteiger partial charge in [-0.1, -0.05) is 6.92 Å². The molecule has 0 bridgehead atoms. The molecule has 0 spiro atoms. The van der Waals surface area contributed by atoms with Crippen LogP contribution in [-0.4, -0.2) is 59.4 Å². The fourth-order valence-electron chi connectivity index (χ4n) is 2.35. The minimum atomic E-state index is -0.270. The van der Waals surface area contributed by atoms with E-state index in [0.717, 1.165) is 31.3 Å². The summed E-state index contributed by atoms with van der Waals surface area (Å²) in [6.07, 6.45) is 2.60. The van der Waals surface area contributed by atoms with Gasteiger partial charge >= 0.3 is 0 Å². The van der Waals surface area contributed by atoms with Crippen molar-refractivity contribution in [3.8, 4) is 5.75 Å². The summed E-state index contributed by atoms with van der Waals surface area (Å²) in [5, 5.41) is 11.3. The topological polar surface area (TPSA) is 67.6 Å². The SMILES string of the molecule is CCc1nncn1CCNC(=NC)N(C)CCOc1ccc(F)cc1.I. The second-order valence-corrected chi connectivity index (χ2v) is 5.49. The molecule has 0 aliphatic carbocycles. The zero-order chi connectivity index (χ0) is 18.1. The molecule has 9 heteroatoms. The Morgan fingerprint density at radius 2 is 2.08 bits per heavy atom. The smallest absolute Gasteiger partial charge is 0.193 e. The third-order valence-corrected chi connectivity index (χ3v) is 3.73. The summed E-state index contributed by atoms with van der Waals surface area (Å²) in [5.74, 6) is 2.14. The van der Waals surface area contributed by atoms with E-state index >= 15 is 0 Å². The lowest BCUT2D eigenvalue weighted by atomic mass is 10.3. The first-order valence-electron chi connectivity index (χ1n) is 8.31. The molecule has 0 aliphatic rings. The van der Waals surface area contributed by atoms with Gasteiger partial charge in [-0.2, -0.15) is 0 Å². The van der Waals surface area contributed by atoms with E-state index in [1.54, 1.807) is 25.5 Å². The Bertz CT molecular complexity index is 676. The van der Waals surface area contributed by atoms with Crippen molar-refractivity contribution in [3.63, 3.8) is 0 Å². The molecule has 0 radical (unpaired) electrons. The van der Waals surface area contributed by atoms with E-state index in [1.165, 1.54) is 12.1 Å². The van der Waals surface area contributed by atoms with Crippen molar-refractivity contribution in [2.24, 2.45) is 4.99 Å². The van der Waals surface area contributed by atoms with Gasteiger partial charge in [0.05, 0.1) is 6.54 Å². The van der Waals surface area contributed by atoms with Crippen LogP contribution in [0.4, 0.5) is 4.39 Å². The van der Waals surface area contributed by atoms with Gasteiger partial charge in [0.15, 0.2) is 5.96 Å². The molecular weight excluding hydrogens is 450 g/mol. The van der Waals surface area contributed by atoms with Crippen LogP contribution in [0.1, 0.15) is 12.7 Å². The van der Waals surface area contributed by atoms with Crippen LogP contribution in [-0.2, 0) is 13.0 Å². The third kappa shape index (κ3) is 6.77. The monoisotopic (exact) mass is 476 g/mol. The predicted octanol–water partition coefficient (Wildman–Crippen LogP) is 2.18. The molecule has 2 rings (SSSR count). The largest absolute Gasteiger partial charge is 0.492 e. The highest BCUT2D eigenvalue weighted by Crippen LogP contribution is 2.10. The summed E-state index contributed by atoms with van der Waals surface area (Å²) in [5.41, 5.74) is 0. The molecule has 0 atom stereocenters. The van der Waals surface area contributed by atoms with Gasteiger partial charge in [0.2, 0.25) is 0 Å². The van der Waals surface area contributed by atoms with Crippen LogP contribution in [0.25, 0.3) is 0 Å². The number of ether oxygens (including phenoxy) is 1. The lowest BCUT2D eigenvalue weighted by molar-refractivity contribution is 0.281. The molecule has 0 saturated carbocycles. The van der Waals surface area contributed by atoms with E-state index in [-0.39, 0.29) is 29.8 Å². The molecule has 0 aliphatic heterocycles. The predicted molar refractivity (Wildman–Crippen MR) is 111 cm³/mol. The quantitative estimate of drug-likeness (QED) is 0.360. The summed E-state index contributed by atoms with van der Waals surface area (Å²) in [6, 6.07) is 6.00. The van der Waals surface area contributed by atoms with Gasteiger partial charge in [-0.25, -0.2) is 4.39 Å². The van der Waals surface area contributed by atoms with Crippen molar-refractivity contribution in [3.05, 3.63) is 42.2 Å². The molecule has 0 unspecified atom stereocenters. The Hall–Kier alpha value is -1.91. The van der Waals surface area contributed by atoms with Crippen LogP contribution >= 0.6 is 24.0 Å². The minimum absolute atomic E-state index is 0. The van der Waals surface area contributed by atoms with Crippen LogP contribution in [0.5, 0.6) is 5.75 Å². The van der Waals surface area contributed by atoms with Gasteiger partial charge in [-0.15, -0.1) is 34.2 Å². The van der Waals surface area contributed by atoms with Gasteiger partial charge in [0, 0.05) is 33.6 Å². The molecule has 1 N–H and O–H groups in total. The molecular formula is C17H26FIN6O. The number of aromatic nitrogens is 3. The average Bonchev–Trinajstić information content (AvgIpc) is 3.08. The number of guanidine groups is 1. The van der Waals surface area contributed by atoms with Crippen molar-refractivity contribution in [1.82, 2.24) is 25.0 Å². The summed E-state index contributed by atoms with van der Waals surface area (Å²) in [6.45, 7) is 4.69.